The molecule has 2 aromatic heterocycles. The number of aromatic amines is 2. The van der Waals surface area contributed by atoms with E-state index in [4.69, 9.17) is 0 Å². The second-order valence-electron chi connectivity index (χ2n) is 6.10. The first kappa shape index (κ1) is 14.2. The van der Waals surface area contributed by atoms with Crippen LogP contribution in [0.1, 0.15) is 36.8 Å². The van der Waals surface area contributed by atoms with Gasteiger partial charge in [0, 0.05) is 30.2 Å². The summed E-state index contributed by atoms with van der Waals surface area (Å²) in [7, 11) is 0. The SMILES string of the molecule is c1ccc(-c2cc(CN3CCCC[C@H]3c3ncc[nH]3)[nH]n2)cc1. The van der Waals surface area contributed by atoms with Crippen molar-refractivity contribution >= 4 is 0 Å². The van der Waals surface area contributed by atoms with Gasteiger partial charge in [0.25, 0.3) is 0 Å². The molecule has 1 aromatic carbocycles. The molecule has 1 fully saturated rings. The number of nitrogens with zero attached hydrogens (tertiary/aromatic N) is 3. The monoisotopic (exact) mass is 307 g/mol. The van der Waals surface area contributed by atoms with Gasteiger partial charge in [0.1, 0.15) is 5.82 Å². The van der Waals surface area contributed by atoms with Crippen LogP contribution in [0.2, 0.25) is 0 Å². The van der Waals surface area contributed by atoms with Crippen LogP contribution in [0.3, 0.4) is 0 Å². The molecule has 0 aliphatic carbocycles. The van der Waals surface area contributed by atoms with Crippen molar-refractivity contribution in [2.45, 2.75) is 31.8 Å². The van der Waals surface area contributed by atoms with Crippen molar-refractivity contribution in [3.8, 4) is 11.3 Å². The van der Waals surface area contributed by atoms with Crippen LogP contribution in [0.15, 0.2) is 48.8 Å². The van der Waals surface area contributed by atoms with Crippen molar-refractivity contribution in [1.29, 1.82) is 0 Å². The molecule has 118 valence electrons. The van der Waals surface area contributed by atoms with E-state index in [1.165, 1.54) is 12.8 Å². The molecular formula is C18H21N5. The van der Waals surface area contributed by atoms with Gasteiger partial charge in [-0.15, -0.1) is 0 Å². The zero-order valence-electron chi connectivity index (χ0n) is 13.1. The van der Waals surface area contributed by atoms with E-state index >= 15 is 0 Å². The predicted molar refractivity (Wildman–Crippen MR) is 89.6 cm³/mol. The fourth-order valence-corrected chi connectivity index (χ4v) is 3.37. The minimum Gasteiger partial charge on any atom is -0.347 e. The summed E-state index contributed by atoms with van der Waals surface area (Å²) in [5.41, 5.74) is 3.31. The Morgan fingerprint density at radius 1 is 1.17 bits per heavy atom. The lowest BCUT2D eigenvalue weighted by molar-refractivity contribution is 0.133. The van der Waals surface area contributed by atoms with Gasteiger partial charge in [-0.1, -0.05) is 36.8 Å². The second kappa shape index (κ2) is 6.38. The van der Waals surface area contributed by atoms with Crippen LogP contribution in [0.5, 0.6) is 0 Å². The maximum atomic E-state index is 4.46. The number of aromatic nitrogens is 4. The Kier molecular flexibility index (Phi) is 3.94. The Morgan fingerprint density at radius 3 is 2.91 bits per heavy atom. The van der Waals surface area contributed by atoms with Gasteiger partial charge in [0.2, 0.25) is 0 Å². The quantitative estimate of drug-likeness (QED) is 0.775. The molecule has 3 heterocycles. The predicted octanol–water partition coefficient (Wildman–Crippen LogP) is 3.53. The maximum Gasteiger partial charge on any atom is 0.123 e. The summed E-state index contributed by atoms with van der Waals surface area (Å²) in [6.07, 6.45) is 7.42. The van der Waals surface area contributed by atoms with Crippen molar-refractivity contribution < 1.29 is 0 Å². The van der Waals surface area contributed by atoms with E-state index in [0.29, 0.717) is 6.04 Å². The Morgan fingerprint density at radius 2 is 2.09 bits per heavy atom. The highest BCUT2D eigenvalue weighted by molar-refractivity contribution is 5.58. The zero-order chi connectivity index (χ0) is 15.5. The zero-order valence-corrected chi connectivity index (χ0v) is 13.1. The van der Waals surface area contributed by atoms with Crippen LogP contribution in [0.25, 0.3) is 11.3 Å². The summed E-state index contributed by atoms with van der Waals surface area (Å²) < 4.78 is 0. The Hall–Kier alpha value is -2.40. The first-order valence-corrected chi connectivity index (χ1v) is 8.23. The Balaban J connectivity index is 1.52. The molecule has 0 radical (unpaired) electrons. The number of benzene rings is 1. The van der Waals surface area contributed by atoms with Gasteiger partial charge in [-0.2, -0.15) is 5.10 Å². The van der Waals surface area contributed by atoms with Gasteiger partial charge in [0.15, 0.2) is 0 Å². The van der Waals surface area contributed by atoms with Crippen molar-refractivity contribution in [2.75, 3.05) is 6.54 Å². The fraction of sp³-hybridized carbons (Fsp3) is 0.333. The number of hydrogen-bond donors (Lipinski definition) is 2. The van der Waals surface area contributed by atoms with Gasteiger partial charge >= 0.3 is 0 Å². The Bertz CT molecular complexity index is 732. The highest BCUT2D eigenvalue weighted by Gasteiger charge is 2.26. The van der Waals surface area contributed by atoms with Crippen LogP contribution in [0.4, 0.5) is 0 Å². The third-order valence-corrected chi connectivity index (χ3v) is 4.52. The van der Waals surface area contributed by atoms with Crippen molar-refractivity contribution in [1.82, 2.24) is 25.1 Å². The highest BCUT2D eigenvalue weighted by atomic mass is 15.2. The molecule has 1 saturated heterocycles. The number of imidazole rings is 1. The lowest BCUT2D eigenvalue weighted by Gasteiger charge is -2.34. The average Bonchev–Trinajstić information content (AvgIpc) is 3.28. The third kappa shape index (κ3) is 3.05. The number of piperidine rings is 1. The number of hydrogen-bond acceptors (Lipinski definition) is 3. The highest BCUT2D eigenvalue weighted by Crippen LogP contribution is 2.30. The van der Waals surface area contributed by atoms with E-state index in [-0.39, 0.29) is 0 Å². The van der Waals surface area contributed by atoms with Gasteiger partial charge in [-0.3, -0.25) is 10.00 Å². The van der Waals surface area contributed by atoms with Gasteiger partial charge < -0.3 is 4.98 Å². The molecule has 2 N–H and O–H groups in total. The van der Waals surface area contributed by atoms with E-state index in [0.717, 1.165) is 42.3 Å². The first-order valence-electron chi connectivity index (χ1n) is 8.23. The van der Waals surface area contributed by atoms with Crippen LogP contribution in [0, 0.1) is 0 Å². The molecule has 1 aliphatic heterocycles. The minimum absolute atomic E-state index is 0.377. The van der Waals surface area contributed by atoms with E-state index in [1.807, 2.05) is 30.6 Å². The van der Waals surface area contributed by atoms with Crippen LogP contribution in [-0.2, 0) is 6.54 Å². The largest absolute Gasteiger partial charge is 0.347 e. The van der Waals surface area contributed by atoms with E-state index in [1.54, 1.807) is 0 Å². The van der Waals surface area contributed by atoms with Gasteiger partial charge in [0.05, 0.1) is 11.7 Å². The molecular weight excluding hydrogens is 286 g/mol. The normalized spacial score (nSPS) is 19.0. The molecule has 0 bridgehead atoms. The summed E-state index contributed by atoms with van der Waals surface area (Å²) >= 11 is 0. The number of H-pyrrole nitrogens is 2. The third-order valence-electron chi connectivity index (χ3n) is 4.52. The lowest BCUT2D eigenvalue weighted by Crippen LogP contribution is -2.33. The molecule has 0 amide bonds. The van der Waals surface area contributed by atoms with Crippen molar-refractivity contribution in [2.24, 2.45) is 0 Å². The molecule has 5 nitrogen and oxygen atoms in total. The molecule has 0 saturated carbocycles. The molecule has 5 heteroatoms. The average molecular weight is 307 g/mol. The first-order chi connectivity index (χ1) is 11.4. The van der Waals surface area contributed by atoms with Crippen LogP contribution in [-0.4, -0.2) is 31.6 Å². The molecule has 1 aliphatic rings. The van der Waals surface area contributed by atoms with Crippen LogP contribution >= 0.6 is 0 Å². The molecule has 0 spiro atoms. The lowest BCUT2D eigenvalue weighted by atomic mass is 10.0. The topological polar surface area (TPSA) is 60.6 Å². The van der Waals surface area contributed by atoms with Gasteiger partial charge in [-0.05, 0) is 25.5 Å². The smallest absolute Gasteiger partial charge is 0.123 e. The molecule has 3 aromatic rings. The maximum absolute atomic E-state index is 4.46. The number of rotatable bonds is 4. The molecule has 23 heavy (non-hydrogen) atoms. The summed E-state index contributed by atoms with van der Waals surface area (Å²) in [6, 6.07) is 12.8. The van der Waals surface area contributed by atoms with Crippen molar-refractivity contribution in [3.63, 3.8) is 0 Å². The summed E-state index contributed by atoms with van der Waals surface area (Å²) in [5, 5.41) is 7.66. The standard InChI is InChI=1S/C18H21N5/c1-2-6-14(7-3-1)16-12-15(21-22-16)13-23-11-5-4-8-17(23)18-19-9-10-20-18/h1-3,6-7,9-10,12,17H,4-5,8,11,13H2,(H,19,20)(H,21,22)/t17-/m0/s1. The fourth-order valence-electron chi connectivity index (χ4n) is 3.37. The molecule has 4 rings (SSSR count). The van der Waals surface area contributed by atoms with E-state index in [2.05, 4.69) is 43.3 Å². The minimum atomic E-state index is 0.377. The van der Waals surface area contributed by atoms with E-state index in [9.17, 15) is 0 Å². The van der Waals surface area contributed by atoms with Crippen molar-refractivity contribution in [3.05, 3.63) is 60.3 Å². The molecule has 1 atom stereocenters. The number of nitrogens with one attached hydrogen (secondary N) is 2. The Labute approximate surface area is 135 Å². The van der Waals surface area contributed by atoms with E-state index < -0.39 is 0 Å². The summed E-state index contributed by atoms with van der Waals surface area (Å²) in [4.78, 5) is 10.2. The van der Waals surface area contributed by atoms with Gasteiger partial charge in [-0.25, -0.2) is 4.98 Å². The molecule has 0 unspecified atom stereocenters. The van der Waals surface area contributed by atoms with Crippen LogP contribution < -0.4 is 0 Å². The summed E-state index contributed by atoms with van der Waals surface area (Å²) in [5.74, 6) is 1.08. The number of likely N-dealkylation sites (tertiary alicyclic amines) is 1. The summed E-state index contributed by atoms with van der Waals surface area (Å²) in [6.45, 7) is 1.98. The second-order valence-corrected chi connectivity index (χ2v) is 6.10.